The standard InChI is InChI=1S/C22H26F3N7O2S/c1-14(2)10-15-6-5-7-16(11-15)30-21-29-12-17(22(23,24)25)19(31-21)28-13-18-20(27-9-8-26-18)32(3)35(4,33)34/h5-9,11-12,14H,10,13H2,1-4H3,(H2,28,29,30,31). The molecule has 0 spiro atoms. The number of anilines is 4. The summed E-state index contributed by atoms with van der Waals surface area (Å²) in [6, 6.07) is 7.47. The molecule has 0 radical (unpaired) electrons. The summed E-state index contributed by atoms with van der Waals surface area (Å²) in [7, 11) is -2.38. The van der Waals surface area contributed by atoms with Gasteiger partial charge in [-0.25, -0.2) is 18.4 Å². The van der Waals surface area contributed by atoms with Gasteiger partial charge in [0.15, 0.2) is 5.82 Å². The number of alkyl halides is 3. The lowest BCUT2D eigenvalue weighted by Crippen LogP contribution is -2.27. The van der Waals surface area contributed by atoms with Gasteiger partial charge in [-0.05, 0) is 30.0 Å². The molecule has 2 N–H and O–H groups in total. The molecule has 0 fully saturated rings. The van der Waals surface area contributed by atoms with Crippen LogP contribution < -0.4 is 14.9 Å². The zero-order chi connectivity index (χ0) is 25.8. The van der Waals surface area contributed by atoms with Crippen LogP contribution in [-0.2, 0) is 29.2 Å². The maximum atomic E-state index is 13.6. The van der Waals surface area contributed by atoms with Gasteiger partial charge in [0.25, 0.3) is 0 Å². The minimum absolute atomic E-state index is 0.00886. The van der Waals surface area contributed by atoms with Crippen molar-refractivity contribution in [3.63, 3.8) is 0 Å². The number of hydrogen-bond donors (Lipinski definition) is 2. The van der Waals surface area contributed by atoms with Crippen LogP contribution in [0.25, 0.3) is 0 Å². The molecule has 0 amide bonds. The Morgan fingerprint density at radius 2 is 1.83 bits per heavy atom. The summed E-state index contributed by atoms with van der Waals surface area (Å²) >= 11 is 0. The fourth-order valence-corrected chi connectivity index (χ4v) is 3.70. The lowest BCUT2D eigenvalue weighted by atomic mass is 10.0. The van der Waals surface area contributed by atoms with Gasteiger partial charge < -0.3 is 10.6 Å². The second-order valence-electron chi connectivity index (χ2n) is 8.29. The number of nitrogens with one attached hydrogen (secondary N) is 2. The van der Waals surface area contributed by atoms with Crippen molar-refractivity contribution in [2.24, 2.45) is 5.92 Å². The highest BCUT2D eigenvalue weighted by molar-refractivity contribution is 7.92. The number of rotatable bonds is 9. The quantitative estimate of drug-likeness (QED) is 0.441. The van der Waals surface area contributed by atoms with Crippen LogP contribution in [0.1, 0.15) is 30.7 Å². The second-order valence-corrected chi connectivity index (χ2v) is 10.3. The van der Waals surface area contributed by atoms with E-state index in [4.69, 9.17) is 0 Å². The molecule has 0 unspecified atom stereocenters. The minimum Gasteiger partial charge on any atom is -0.364 e. The molecule has 0 bridgehead atoms. The third-order valence-electron chi connectivity index (χ3n) is 4.89. The Balaban J connectivity index is 1.89. The normalized spacial score (nSPS) is 12.0. The first kappa shape index (κ1) is 26.1. The molecule has 2 aromatic heterocycles. The molecule has 0 aliphatic heterocycles. The molecule has 0 atom stereocenters. The van der Waals surface area contributed by atoms with Crippen molar-refractivity contribution in [3.8, 4) is 0 Å². The molecule has 0 aliphatic carbocycles. The maximum absolute atomic E-state index is 13.6. The van der Waals surface area contributed by atoms with E-state index in [1.165, 1.54) is 19.4 Å². The molecule has 35 heavy (non-hydrogen) atoms. The minimum atomic E-state index is -4.72. The lowest BCUT2D eigenvalue weighted by Gasteiger charge is -2.19. The van der Waals surface area contributed by atoms with Crippen molar-refractivity contribution in [1.82, 2.24) is 19.9 Å². The number of hydrogen-bond acceptors (Lipinski definition) is 8. The highest BCUT2D eigenvalue weighted by Gasteiger charge is 2.35. The summed E-state index contributed by atoms with van der Waals surface area (Å²) in [5.74, 6) is -0.0803. The smallest absolute Gasteiger partial charge is 0.364 e. The van der Waals surface area contributed by atoms with Gasteiger partial charge >= 0.3 is 6.18 Å². The Bertz CT molecular complexity index is 1280. The largest absolute Gasteiger partial charge is 0.421 e. The monoisotopic (exact) mass is 509 g/mol. The Labute approximate surface area is 201 Å². The number of sulfonamides is 1. The van der Waals surface area contributed by atoms with Gasteiger partial charge in [-0.3, -0.25) is 9.29 Å². The predicted molar refractivity (Wildman–Crippen MR) is 128 cm³/mol. The van der Waals surface area contributed by atoms with Crippen molar-refractivity contribution in [3.05, 3.63) is 59.7 Å². The molecule has 0 saturated carbocycles. The van der Waals surface area contributed by atoms with Crippen molar-refractivity contribution < 1.29 is 21.6 Å². The molecular formula is C22H26F3N7O2S. The zero-order valence-corrected chi connectivity index (χ0v) is 20.4. The SMILES string of the molecule is CC(C)Cc1cccc(Nc2ncc(C(F)(F)F)c(NCc3nccnc3N(C)S(C)(=O)=O)n2)c1. The van der Waals surface area contributed by atoms with Crippen LogP contribution in [0.3, 0.4) is 0 Å². The van der Waals surface area contributed by atoms with Gasteiger partial charge in [0.05, 0.1) is 12.8 Å². The fourth-order valence-electron chi connectivity index (χ4n) is 3.23. The molecule has 13 heteroatoms. The van der Waals surface area contributed by atoms with Crippen LogP contribution in [0.15, 0.2) is 42.9 Å². The van der Waals surface area contributed by atoms with E-state index < -0.39 is 27.6 Å². The predicted octanol–water partition coefficient (Wildman–Crippen LogP) is 4.24. The van der Waals surface area contributed by atoms with Crippen LogP contribution in [0.5, 0.6) is 0 Å². The van der Waals surface area contributed by atoms with E-state index in [0.29, 0.717) is 17.8 Å². The number of aromatic nitrogens is 4. The van der Waals surface area contributed by atoms with E-state index in [9.17, 15) is 21.6 Å². The van der Waals surface area contributed by atoms with Crippen LogP contribution in [0.4, 0.5) is 36.4 Å². The summed E-state index contributed by atoms with van der Waals surface area (Å²) in [5, 5.41) is 5.55. The van der Waals surface area contributed by atoms with Crippen LogP contribution in [0, 0.1) is 5.92 Å². The van der Waals surface area contributed by atoms with E-state index in [-0.39, 0.29) is 24.0 Å². The summed E-state index contributed by atoms with van der Waals surface area (Å²) in [5.41, 5.74) is 0.766. The van der Waals surface area contributed by atoms with E-state index in [1.54, 1.807) is 6.07 Å². The van der Waals surface area contributed by atoms with E-state index >= 15 is 0 Å². The molecule has 3 rings (SSSR count). The van der Waals surface area contributed by atoms with Crippen LogP contribution in [0.2, 0.25) is 0 Å². The summed E-state index contributed by atoms with van der Waals surface area (Å²) in [6.07, 6.45) is 0.417. The van der Waals surface area contributed by atoms with Gasteiger partial charge in [0.2, 0.25) is 16.0 Å². The number of nitrogens with zero attached hydrogens (tertiary/aromatic N) is 5. The molecular weight excluding hydrogens is 483 g/mol. The van der Waals surface area contributed by atoms with Crippen molar-refractivity contribution in [2.75, 3.05) is 28.2 Å². The van der Waals surface area contributed by atoms with Gasteiger partial charge in [-0.15, -0.1) is 0 Å². The summed E-state index contributed by atoms with van der Waals surface area (Å²) in [4.78, 5) is 15.9. The Hall–Kier alpha value is -3.48. The molecule has 188 valence electrons. The number of halogens is 3. The van der Waals surface area contributed by atoms with Gasteiger partial charge in [0.1, 0.15) is 17.1 Å². The average molecular weight is 510 g/mol. The molecule has 9 nitrogen and oxygen atoms in total. The van der Waals surface area contributed by atoms with Crippen molar-refractivity contribution in [2.45, 2.75) is 33.0 Å². The highest BCUT2D eigenvalue weighted by atomic mass is 32.2. The maximum Gasteiger partial charge on any atom is 0.421 e. The number of benzene rings is 1. The fraction of sp³-hybridized carbons (Fsp3) is 0.364. The lowest BCUT2D eigenvalue weighted by molar-refractivity contribution is -0.137. The molecule has 1 aromatic carbocycles. The first-order valence-electron chi connectivity index (χ1n) is 10.6. The zero-order valence-electron chi connectivity index (χ0n) is 19.6. The summed E-state index contributed by atoms with van der Waals surface area (Å²) in [6.45, 7) is 3.92. The first-order valence-corrected chi connectivity index (χ1v) is 12.5. The molecule has 2 heterocycles. The van der Waals surface area contributed by atoms with E-state index in [0.717, 1.165) is 22.5 Å². The van der Waals surface area contributed by atoms with Crippen LogP contribution in [-0.4, -0.2) is 41.7 Å². The van der Waals surface area contributed by atoms with Crippen molar-refractivity contribution in [1.29, 1.82) is 0 Å². The Kier molecular flexibility index (Phi) is 7.78. The summed E-state index contributed by atoms with van der Waals surface area (Å²) < 4.78 is 65.6. The first-order chi connectivity index (χ1) is 16.3. The van der Waals surface area contributed by atoms with E-state index in [1.807, 2.05) is 18.2 Å². The van der Waals surface area contributed by atoms with Crippen LogP contribution >= 0.6 is 0 Å². The third kappa shape index (κ3) is 7.01. The van der Waals surface area contributed by atoms with Gasteiger partial charge in [-0.2, -0.15) is 18.2 Å². The van der Waals surface area contributed by atoms with Crippen molar-refractivity contribution >= 4 is 33.3 Å². The molecule has 0 aliphatic rings. The topological polar surface area (TPSA) is 113 Å². The highest BCUT2D eigenvalue weighted by Crippen LogP contribution is 2.34. The van der Waals surface area contributed by atoms with E-state index in [2.05, 4.69) is 44.4 Å². The third-order valence-corrected chi connectivity index (χ3v) is 6.06. The molecule has 0 saturated heterocycles. The van der Waals surface area contributed by atoms with Gasteiger partial charge in [-0.1, -0.05) is 26.0 Å². The van der Waals surface area contributed by atoms with Gasteiger partial charge in [0, 0.05) is 31.3 Å². The molecule has 3 aromatic rings. The Morgan fingerprint density at radius 1 is 1.11 bits per heavy atom. The average Bonchev–Trinajstić information content (AvgIpc) is 2.76. The Morgan fingerprint density at radius 3 is 2.49 bits per heavy atom. The second kappa shape index (κ2) is 10.4.